The molecule has 27 heavy (non-hydrogen) atoms. The molecular weight excluding hydrogens is 447 g/mol. The lowest BCUT2D eigenvalue weighted by atomic mass is 9.90. The first kappa shape index (κ1) is 19.7. The Bertz CT molecular complexity index is 975. The number of carbonyl (C=O) groups excluding carboxylic acids is 1. The number of benzene rings is 2. The van der Waals surface area contributed by atoms with E-state index < -0.39 is 23.2 Å². The number of hydrogen-bond acceptors (Lipinski definition) is 4. The van der Waals surface area contributed by atoms with Crippen LogP contribution >= 0.6 is 27.5 Å². The minimum Gasteiger partial charge on any atom is -0.289 e. The summed E-state index contributed by atoms with van der Waals surface area (Å²) in [4.78, 5) is 17.4. The number of alkyl halides is 4. The van der Waals surface area contributed by atoms with Gasteiger partial charge in [-0.3, -0.25) is 4.79 Å². The molecule has 0 amide bonds. The molecule has 2 aromatic carbocycles. The molecule has 0 spiro atoms. The van der Waals surface area contributed by atoms with Crippen molar-refractivity contribution in [2.75, 3.05) is 5.33 Å². The Morgan fingerprint density at radius 3 is 2.44 bits per heavy atom. The summed E-state index contributed by atoms with van der Waals surface area (Å²) in [7, 11) is 0. The Hall–Kier alpha value is -2.06. The lowest BCUT2D eigenvalue weighted by molar-refractivity contribution is -0.137. The van der Waals surface area contributed by atoms with Gasteiger partial charge in [0.1, 0.15) is 5.84 Å². The van der Waals surface area contributed by atoms with Crippen LogP contribution in [0.15, 0.2) is 57.7 Å². The van der Waals surface area contributed by atoms with Crippen LogP contribution in [0.5, 0.6) is 0 Å². The van der Waals surface area contributed by atoms with Gasteiger partial charge in [-0.2, -0.15) is 18.3 Å². The lowest BCUT2D eigenvalue weighted by Gasteiger charge is -2.23. The van der Waals surface area contributed by atoms with Crippen molar-refractivity contribution in [2.45, 2.75) is 18.8 Å². The largest absolute Gasteiger partial charge is 0.416 e. The Morgan fingerprint density at radius 1 is 1.19 bits per heavy atom. The van der Waals surface area contributed by atoms with Crippen molar-refractivity contribution in [3.05, 3.63) is 69.7 Å². The summed E-state index contributed by atoms with van der Waals surface area (Å²) in [6.07, 6.45) is -4.61. The molecule has 1 heterocycles. The summed E-state index contributed by atoms with van der Waals surface area (Å²) in [6.45, 7) is 1.62. The Morgan fingerprint density at radius 2 is 1.89 bits per heavy atom. The van der Waals surface area contributed by atoms with E-state index in [9.17, 15) is 18.0 Å². The first-order valence-corrected chi connectivity index (χ1v) is 9.24. The molecule has 0 bridgehead atoms. The molecule has 0 aromatic heterocycles. The number of hydrogen-bond donors (Lipinski definition) is 0. The number of rotatable bonds is 4. The van der Waals surface area contributed by atoms with Gasteiger partial charge in [0.25, 0.3) is 0 Å². The monoisotopic (exact) mass is 457 g/mol. The highest BCUT2D eigenvalue weighted by Crippen LogP contribution is 2.40. The summed E-state index contributed by atoms with van der Waals surface area (Å²) in [6, 6.07) is 9.11. The first-order chi connectivity index (χ1) is 12.7. The normalized spacial score (nSPS) is 19.3. The number of azo groups is 1. The van der Waals surface area contributed by atoms with Gasteiger partial charge < -0.3 is 0 Å². The van der Waals surface area contributed by atoms with Gasteiger partial charge in [0, 0.05) is 16.7 Å². The summed E-state index contributed by atoms with van der Waals surface area (Å²) in [5, 5.41) is 8.27. The van der Waals surface area contributed by atoms with Crippen molar-refractivity contribution < 1.29 is 18.0 Å². The highest BCUT2D eigenvalue weighted by atomic mass is 79.9. The first-order valence-electron chi connectivity index (χ1n) is 7.74. The van der Waals surface area contributed by atoms with Gasteiger partial charge in [-0.05, 0) is 31.2 Å². The smallest absolute Gasteiger partial charge is 0.289 e. The van der Waals surface area contributed by atoms with Crippen molar-refractivity contribution in [2.24, 2.45) is 15.2 Å². The van der Waals surface area contributed by atoms with E-state index in [0.717, 1.165) is 12.1 Å². The van der Waals surface area contributed by atoms with Crippen LogP contribution in [-0.2, 0) is 11.8 Å². The second-order valence-electron chi connectivity index (χ2n) is 5.88. The predicted molar refractivity (Wildman–Crippen MR) is 99.8 cm³/mol. The third-order valence-electron chi connectivity index (χ3n) is 4.03. The zero-order valence-electron chi connectivity index (χ0n) is 13.9. The van der Waals surface area contributed by atoms with Crippen LogP contribution in [0, 0.1) is 0 Å². The second kappa shape index (κ2) is 7.16. The topological polar surface area (TPSA) is 54.1 Å². The molecule has 2 aromatic rings. The maximum Gasteiger partial charge on any atom is 0.416 e. The molecule has 0 N–H and O–H groups in total. The van der Waals surface area contributed by atoms with E-state index in [1.165, 1.54) is 18.2 Å². The van der Waals surface area contributed by atoms with Crippen molar-refractivity contribution in [3.8, 4) is 0 Å². The van der Waals surface area contributed by atoms with E-state index in [-0.39, 0.29) is 27.0 Å². The van der Waals surface area contributed by atoms with Gasteiger partial charge in [0.2, 0.25) is 5.66 Å². The molecule has 4 nitrogen and oxygen atoms in total. The van der Waals surface area contributed by atoms with Crippen LogP contribution in [0.4, 0.5) is 13.2 Å². The van der Waals surface area contributed by atoms with E-state index >= 15 is 0 Å². The van der Waals surface area contributed by atoms with Crippen molar-refractivity contribution >= 4 is 39.1 Å². The fourth-order valence-electron chi connectivity index (χ4n) is 2.76. The fourth-order valence-corrected chi connectivity index (χ4v) is 3.52. The Kier molecular flexibility index (Phi) is 5.22. The summed E-state index contributed by atoms with van der Waals surface area (Å²) in [5.41, 5.74) is -2.10. The maximum absolute atomic E-state index is 13.2. The minimum atomic E-state index is -4.61. The predicted octanol–water partition coefficient (Wildman–Crippen LogP) is 6.02. The Balaban J connectivity index is 2.25. The molecule has 3 rings (SSSR count). The molecule has 1 aliphatic heterocycles. The Labute approximate surface area is 166 Å². The average molecular weight is 459 g/mol. The number of halogens is 5. The van der Waals surface area contributed by atoms with Crippen molar-refractivity contribution in [3.63, 3.8) is 0 Å². The van der Waals surface area contributed by atoms with Crippen LogP contribution in [0.3, 0.4) is 0 Å². The van der Waals surface area contributed by atoms with E-state index in [0.29, 0.717) is 5.84 Å². The van der Waals surface area contributed by atoms with Gasteiger partial charge in [-0.1, -0.05) is 45.7 Å². The average Bonchev–Trinajstić information content (AvgIpc) is 3.02. The molecule has 140 valence electrons. The van der Waals surface area contributed by atoms with Crippen molar-refractivity contribution in [1.82, 2.24) is 0 Å². The van der Waals surface area contributed by atoms with Crippen molar-refractivity contribution in [1.29, 1.82) is 0 Å². The third kappa shape index (κ3) is 3.68. The summed E-state index contributed by atoms with van der Waals surface area (Å²) >= 11 is 9.37. The molecule has 0 radical (unpaired) electrons. The highest BCUT2D eigenvalue weighted by molar-refractivity contribution is 9.09. The maximum atomic E-state index is 13.2. The molecule has 0 saturated carbocycles. The van der Waals surface area contributed by atoms with Gasteiger partial charge in [0.05, 0.1) is 15.9 Å². The van der Waals surface area contributed by atoms with E-state index in [1.54, 1.807) is 19.1 Å². The number of ketones is 1. The molecule has 1 atom stereocenters. The lowest BCUT2D eigenvalue weighted by Crippen LogP contribution is -2.25. The second-order valence-corrected chi connectivity index (χ2v) is 6.84. The van der Waals surface area contributed by atoms with Gasteiger partial charge in [-0.25, -0.2) is 4.99 Å². The SMILES string of the molecule is CC1=NC(CBr)(c2ccc(C(F)(F)F)cc2C(=O)c2ccccc2Cl)N=N1. The van der Waals surface area contributed by atoms with E-state index in [1.807, 2.05) is 0 Å². The minimum absolute atomic E-state index is 0.0973. The van der Waals surface area contributed by atoms with Gasteiger partial charge in [0.15, 0.2) is 5.78 Å². The zero-order chi connectivity index (χ0) is 19.8. The standard InChI is InChI=1S/C18H12BrClF3N3O/c1-10-24-17(9-19,26-25-10)14-7-6-11(18(21,22)23)8-13(14)16(27)12-4-2-3-5-15(12)20/h2-8H,9H2,1H3. The molecule has 0 aliphatic carbocycles. The van der Waals surface area contributed by atoms with Crippen LogP contribution in [0.25, 0.3) is 0 Å². The highest BCUT2D eigenvalue weighted by Gasteiger charge is 2.40. The number of aliphatic imine (C=N–C) groups is 1. The molecule has 9 heteroatoms. The van der Waals surface area contributed by atoms with E-state index in [4.69, 9.17) is 11.6 Å². The molecule has 0 fully saturated rings. The molecule has 1 unspecified atom stereocenters. The quantitative estimate of drug-likeness (QED) is 0.408. The number of carbonyl (C=O) groups is 1. The van der Waals surface area contributed by atoms with Crippen LogP contribution in [0.1, 0.15) is 34.0 Å². The van der Waals surface area contributed by atoms with Crippen LogP contribution in [-0.4, -0.2) is 16.9 Å². The summed E-state index contributed by atoms with van der Waals surface area (Å²) in [5.74, 6) is -0.275. The zero-order valence-corrected chi connectivity index (χ0v) is 16.2. The third-order valence-corrected chi connectivity index (χ3v) is 5.15. The van der Waals surface area contributed by atoms with Crippen LogP contribution < -0.4 is 0 Å². The number of amidine groups is 1. The van der Waals surface area contributed by atoms with E-state index in [2.05, 4.69) is 31.2 Å². The van der Waals surface area contributed by atoms with Gasteiger partial charge >= 0.3 is 6.18 Å². The number of nitrogens with zero attached hydrogens (tertiary/aromatic N) is 3. The molecular formula is C18H12BrClF3N3O. The fraction of sp³-hybridized carbons (Fsp3) is 0.222. The van der Waals surface area contributed by atoms with Gasteiger partial charge in [-0.15, -0.1) is 5.11 Å². The molecule has 0 saturated heterocycles. The van der Waals surface area contributed by atoms with Crippen LogP contribution in [0.2, 0.25) is 5.02 Å². The molecule has 1 aliphatic rings. The summed E-state index contributed by atoms with van der Waals surface area (Å²) < 4.78 is 39.7.